The number of hydrogen-bond acceptors (Lipinski definition) is 2. The van der Waals surface area contributed by atoms with Crippen molar-refractivity contribution >= 4 is 10.8 Å². The van der Waals surface area contributed by atoms with Gasteiger partial charge in [0.05, 0.1) is 0 Å². The molecule has 3 rings (SSSR count). The van der Waals surface area contributed by atoms with Gasteiger partial charge in [-0.3, -0.25) is 9.11 Å². The third-order valence-electron chi connectivity index (χ3n) is 4.96. The Morgan fingerprint density at radius 1 is 1.19 bits per heavy atom. The fraction of sp³-hybridized carbons (Fsp3) is 0.556. The van der Waals surface area contributed by atoms with E-state index in [0.717, 1.165) is 11.4 Å². The molecule has 1 aliphatic heterocycles. The van der Waals surface area contributed by atoms with E-state index in [2.05, 4.69) is 29.2 Å². The third kappa shape index (κ3) is 3.64. The van der Waals surface area contributed by atoms with Gasteiger partial charge in [0.25, 0.3) is 0 Å². The van der Waals surface area contributed by atoms with Gasteiger partial charge in [0, 0.05) is 35.0 Å². The molecule has 2 aliphatic rings. The van der Waals surface area contributed by atoms with Gasteiger partial charge in [-0.25, -0.2) is 0 Å². The zero-order chi connectivity index (χ0) is 14.7. The second-order valence-electron chi connectivity index (χ2n) is 6.63. The predicted octanol–water partition coefficient (Wildman–Crippen LogP) is 3.75. The molecule has 1 aliphatic carbocycles. The van der Waals surface area contributed by atoms with E-state index in [-0.39, 0.29) is 0 Å². The van der Waals surface area contributed by atoms with Gasteiger partial charge >= 0.3 is 0 Å². The molecular formula is C18H25NOS. The first-order valence-electron chi connectivity index (χ1n) is 7.97. The predicted molar refractivity (Wildman–Crippen MR) is 88.7 cm³/mol. The largest absolute Gasteiger partial charge is 0.299 e. The Hall–Kier alpha value is -0.930. The van der Waals surface area contributed by atoms with Gasteiger partial charge in [0.2, 0.25) is 0 Å². The van der Waals surface area contributed by atoms with Gasteiger partial charge in [-0.1, -0.05) is 24.3 Å². The van der Waals surface area contributed by atoms with E-state index < -0.39 is 10.8 Å². The highest BCUT2D eigenvalue weighted by atomic mass is 32.2. The molecule has 0 aromatic heterocycles. The molecule has 1 heterocycles. The minimum atomic E-state index is -0.874. The van der Waals surface area contributed by atoms with Gasteiger partial charge in [0.1, 0.15) is 0 Å². The van der Waals surface area contributed by atoms with Crippen LogP contribution in [0.1, 0.15) is 37.7 Å². The highest BCUT2D eigenvalue weighted by molar-refractivity contribution is 7.84. The number of nitrogens with zero attached hydrogens (tertiary/aromatic N) is 1. The number of likely N-dealkylation sites (tertiary alicyclic amines) is 1. The van der Waals surface area contributed by atoms with Crippen molar-refractivity contribution < 1.29 is 4.21 Å². The molecule has 1 fully saturated rings. The fourth-order valence-electron chi connectivity index (χ4n) is 3.80. The van der Waals surface area contributed by atoms with E-state index in [1.807, 2.05) is 12.1 Å². The summed E-state index contributed by atoms with van der Waals surface area (Å²) in [6.45, 7) is 3.48. The van der Waals surface area contributed by atoms with Crippen LogP contribution in [0.15, 0.2) is 41.3 Å². The normalized spacial score (nSPS) is 27.9. The van der Waals surface area contributed by atoms with Crippen molar-refractivity contribution in [3.05, 3.63) is 42.0 Å². The highest BCUT2D eigenvalue weighted by Gasteiger charge is 2.34. The summed E-state index contributed by atoms with van der Waals surface area (Å²) in [4.78, 5) is 3.53. The number of piperidine rings is 1. The monoisotopic (exact) mass is 303 g/mol. The average Bonchev–Trinajstić information content (AvgIpc) is 2.49. The van der Waals surface area contributed by atoms with Crippen LogP contribution in [0.2, 0.25) is 0 Å². The SMILES string of the molecule is C[S@](=O)c1ccc(CN2CCC[C@]3(CC=CCC3)C2)cc1. The zero-order valence-corrected chi connectivity index (χ0v) is 13.7. The summed E-state index contributed by atoms with van der Waals surface area (Å²) < 4.78 is 11.4. The summed E-state index contributed by atoms with van der Waals surface area (Å²) in [6, 6.07) is 8.29. The number of hydrogen-bond donors (Lipinski definition) is 0. The molecule has 1 spiro atoms. The molecule has 1 aromatic carbocycles. The van der Waals surface area contributed by atoms with Gasteiger partial charge < -0.3 is 0 Å². The quantitative estimate of drug-likeness (QED) is 0.793. The number of allylic oxidation sites excluding steroid dienone is 2. The molecule has 0 radical (unpaired) electrons. The maximum absolute atomic E-state index is 11.4. The topological polar surface area (TPSA) is 20.3 Å². The molecule has 0 bridgehead atoms. The van der Waals surface area contributed by atoms with Crippen LogP contribution in [-0.2, 0) is 17.3 Å². The standard InChI is InChI=1S/C18H25NOS/c1-21(20)17-8-6-16(7-9-17)14-19-13-5-12-18(15-19)10-3-2-4-11-18/h2-3,6-9H,4-5,10-15H2,1H3/t18-,21+/m1/s1. The average molecular weight is 303 g/mol. The molecular weight excluding hydrogens is 278 g/mol. The van der Waals surface area contributed by atoms with E-state index in [4.69, 9.17) is 0 Å². The van der Waals surface area contributed by atoms with Gasteiger partial charge in [-0.2, -0.15) is 0 Å². The summed E-state index contributed by atoms with van der Waals surface area (Å²) in [5.74, 6) is 0. The highest BCUT2D eigenvalue weighted by Crippen LogP contribution is 2.41. The summed E-state index contributed by atoms with van der Waals surface area (Å²) in [6.07, 6.45) is 13.1. The van der Waals surface area contributed by atoms with Gasteiger partial charge in [-0.15, -0.1) is 0 Å². The summed E-state index contributed by atoms with van der Waals surface area (Å²) in [7, 11) is -0.874. The lowest BCUT2D eigenvalue weighted by atomic mass is 9.71. The molecule has 1 aromatic rings. The lowest BCUT2D eigenvalue weighted by molar-refractivity contribution is 0.0741. The molecule has 114 valence electrons. The third-order valence-corrected chi connectivity index (χ3v) is 5.90. The van der Waals surface area contributed by atoms with Crippen LogP contribution in [0.5, 0.6) is 0 Å². The van der Waals surface area contributed by atoms with Crippen LogP contribution in [0.25, 0.3) is 0 Å². The maximum Gasteiger partial charge on any atom is 0.0498 e. The van der Waals surface area contributed by atoms with Crippen molar-refractivity contribution in [2.45, 2.75) is 43.5 Å². The van der Waals surface area contributed by atoms with Crippen LogP contribution in [-0.4, -0.2) is 28.5 Å². The van der Waals surface area contributed by atoms with Crippen molar-refractivity contribution in [1.82, 2.24) is 4.90 Å². The molecule has 0 saturated carbocycles. The minimum absolute atomic E-state index is 0.540. The van der Waals surface area contributed by atoms with E-state index >= 15 is 0 Å². The molecule has 0 amide bonds. The van der Waals surface area contributed by atoms with E-state index in [1.54, 1.807) is 6.26 Å². The summed E-state index contributed by atoms with van der Waals surface area (Å²) in [5, 5.41) is 0. The minimum Gasteiger partial charge on any atom is -0.299 e. The van der Waals surface area contributed by atoms with Crippen molar-refractivity contribution in [2.75, 3.05) is 19.3 Å². The van der Waals surface area contributed by atoms with Crippen LogP contribution in [0.4, 0.5) is 0 Å². The Balaban J connectivity index is 1.64. The summed E-state index contributed by atoms with van der Waals surface area (Å²) in [5.41, 5.74) is 1.88. The Bertz CT molecular complexity index is 537. The van der Waals surface area contributed by atoms with Crippen LogP contribution in [0.3, 0.4) is 0 Å². The van der Waals surface area contributed by atoms with Crippen LogP contribution >= 0.6 is 0 Å². The van der Waals surface area contributed by atoms with Crippen molar-refractivity contribution in [2.24, 2.45) is 5.41 Å². The maximum atomic E-state index is 11.4. The Kier molecular flexibility index (Phi) is 4.60. The number of rotatable bonds is 3. The number of benzene rings is 1. The molecule has 2 atom stereocenters. The zero-order valence-electron chi connectivity index (χ0n) is 12.9. The summed E-state index contributed by atoms with van der Waals surface area (Å²) >= 11 is 0. The first-order valence-corrected chi connectivity index (χ1v) is 9.52. The second-order valence-corrected chi connectivity index (χ2v) is 8.01. The van der Waals surface area contributed by atoms with Crippen LogP contribution < -0.4 is 0 Å². The van der Waals surface area contributed by atoms with Crippen LogP contribution in [0, 0.1) is 5.41 Å². The molecule has 3 heteroatoms. The van der Waals surface area contributed by atoms with E-state index in [9.17, 15) is 4.21 Å². The fourth-order valence-corrected chi connectivity index (χ4v) is 4.32. The second kappa shape index (κ2) is 6.45. The van der Waals surface area contributed by atoms with Crippen molar-refractivity contribution in [3.8, 4) is 0 Å². The first kappa shape index (κ1) is 15.0. The molecule has 0 N–H and O–H groups in total. The van der Waals surface area contributed by atoms with E-state index in [0.29, 0.717) is 5.41 Å². The smallest absolute Gasteiger partial charge is 0.0498 e. The van der Waals surface area contributed by atoms with Crippen molar-refractivity contribution in [3.63, 3.8) is 0 Å². The first-order chi connectivity index (χ1) is 10.2. The Labute approximate surface area is 130 Å². The van der Waals surface area contributed by atoms with Crippen molar-refractivity contribution in [1.29, 1.82) is 0 Å². The van der Waals surface area contributed by atoms with Gasteiger partial charge in [-0.05, 0) is 61.8 Å². The molecule has 1 saturated heterocycles. The molecule has 0 unspecified atom stereocenters. The lowest BCUT2D eigenvalue weighted by Gasteiger charge is -2.44. The van der Waals surface area contributed by atoms with Gasteiger partial charge in [0.15, 0.2) is 0 Å². The molecule has 21 heavy (non-hydrogen) atoms. The lowest BCUT2D eigenvalue weighted by Crippen LogP contribution is -2.43. The Morgan fingerprint density at radius 2 is 2.00 bits per heavy atom. The van der Waals surface area contributed by atoms with E-state index in [1.165, 1.54) is 50.8 Å². The Morgan fingerprint density at radius 3 is 2.67 bits per heavy atom. The molecule has 2 nitrogen and oxygen atoms in total.